The minimum atomic E-state index is -4.48. The predicted octanol–water partition coefficient (Wildman–Crippen LogP) is 3.52. The van der Waals surface area contributed by atoms with E-state index in [1.54, 1.807) is 0 Å². The minimum absolute atomic E-state index is 0.0419. The lowest BCUT2D eigenvalue weighted by molar-refractivity contribution is -0.137. The van der Waals surface area contributed by atoms with E-state index in [1.807, 2.05) is 0 Å². The third-order valence-electron chi connectivity index (χ3n) is 3.79. The fraction of sp³-hybridized carbons (Fsp3) is 0.615. The van der Waals surface area contributed by atoms with Crippen molar-refractivity contribution < 1.29 is 21.6 Å². The molecule has 0 aromatic carbocycles. The van der Waals surface area contributed by atoms with Gasteiger partial charge in [0.05, 0.1) is 15.8 Å². The summed E-state index contributed by atoms with van der Waals surface area (Å²) in [6.45, 7) is 0. The molecule has 0 unspecified atom stereocenters. The van der Waals surface area contributed by atoms with Gasteiger partial charge in [0.2, 0.25) is 0 Å². The first-order chi connectivity index (χ1) is 10.1. The smallest absolute Gasteiger partial charge is 0.366 e. The van der Waals surface area contributed by atoms with Crippen LogP contribution in [0.5, 0.6) is 0 Å². The van der Waals surface area contributed by atoms with Crippen LogP contribution in [0.4, 0.5) is 19.0 Å². The zero-order valence-corrected chi connectivity index (χ0v) is 13.4. The maximum absolute atomic E-state index is 12.5. The maximum atomic E-state index is 12.5. The fourth-order valence-corrected chi connectivity index (χ4v) is 3.88. The van der Waals surface area contributed by atoms with Gasteiger partial charge in [-0.1, -0.05) is 11.6 Å². The van der Waals surface area contributed by atoms with Crippen LogP contribution < -0.4 is 5.32 Å². The molecule has 4 nitrogen and oxygen atoms in total. The Morgan fingerprint density at radius 1 is 1.27 bits per heavy atom. The van der Waals surface area contributed by atoms with Crippen molar-refractivity contribution in [2.45, 2.75) is 43.2 Å². The zero-order chi connectivity index (χ0) is 16.5. The molecule has 124 valence electrons. The number of sulfone groups is 1. The summed E-state index contributed by atoms with van der Waals surface area (Å²) in [7, 11) is -3.05. The van der Waals surface area contributed by atoms with Crippen molar-refractivity contribution in [3.05, 3.63) is 22.8 Å². The number of pyridine rings is 1. The number of halogens is 4. The Morgan fingerprint density at radius 3 is 2.32 bits per heavy atom. The number of hydrogen-bond acceptors (Lipinski definition) is 4. The summed E-state index contributed by atoms with van der Waals surface area (Å²) in [5, 5.41) is 2.55. The predicted molar refractivity (Wildman–Crippen MR) is 78.8 cm³/mol. The van der Waals surface area contributed by atoms with Crippen molar-refractivity contribution in [2.24, 2.45) is 0 Å². The molecule has 0 radical (unpaired) electrons. The summed E-state index contributed by atoms with van der Waals surface area (Å²) in [5.41, 5.74) is -0.899. The quantitative estimate of drug-likeness (QED) is 0.900. The second-order valence-electron chi connectivity index (χ2n) is 5.50. The second kappa shape index (κ2) is 6.23. The number of aromatic nitrogens is 1. The van der Waals surface area contributed by atoms with E-state index < -0.39 is 21.6 Å². The summed E-state index contributed by atoms with van der Waals surface area (Å²) in [4.78, 5) is 3.73. The molecule has 2 rings (SSSR count). The first kappa shape index (κ1) is 17.3. The van der Waals surface area contributed by atoms with E-state index in [9.17, 15) is 21.6 Å². The highest BCUT2D eigenvalue weighted by atomic mass is 35.5. The summed E-state index contributed by atoms with van der Waals surface area (Å²) < 4.78 is 60.6. The lowest BCUT2D eigenvalue weighted by Gasteiger charge is -2.28. The number of rotatable bonds is 3. The van der Waals surface area contributed by atoms with Crippen molar-refractivity contribution in [2.75, 3.05) is 11.6 Å². The number of nitrogens with zero attached hydrogens (tertiary/aromatic N) is 1. The van der Waals surface area contributed by atoms with Crippen LogP contribution in [0.15, 0.2) is 12.3 Å². The number of alkyl halides is 3. The number of anilines is 1. The monoisotopic (exact) mass is 356 g/mol. The van der Waals surface area contributed by atoms with Gasteiger partial charge in [0.1, 0.15) is 15.7 Å². The van der Waals surface area contributed by atoms with Crippen molar-refractivity contribution in [3.63, 3.8) is 0 Å². The van der Waals surface area contributed by atoms with E-state index in [0.29, 0.717) is 25.7 Å². The molecule has 1 aromatic heterocycles. The molecule has 1 saturated carbocycles. The third kappa shape index (κ3) is 4.25. The highest BCUT2D eigenvalue weighted by Gasteiger charge is 2.32. The molecule has 1 N–H and O–H groups in total. The van der Waals surface area contributed by atoms with Gasteiger partial charge in [-0.05, 0) is 31.7 Å². The van der Waals surface area contributed by atoms with Gasteiger partial charge in [-0.2, -0.15) is 13.2 Å². The molecule has 22 heavy (non-hydrogen) atoms. The lowest BCUT2D eigenvalue weighted by atomic mass is 9.95. The van der Waals surface area contributed by atoms with Crippen LogP contribution in [0.25, 0.3) is 0 Å². The first-order valence-corrected chi connectivity index (χ1v) is 9.09. The Labute approximate surface area is 132 Å². The molecule has 0 saturated heterocycles. The Balaban J connectivity index is 2.01. The van der Waals surface area contributed by atoms with Gasteiger partial charge in [0, 0.05) is 18.5 Å². The molecule has 0 amide bonds. The van der Waals surface area contributed by atoms with Crippen molar-refractivity contribution in [1.29, 1.82) is 0 Å². The van der Waals surface area contributed by atoms with Crippen LogP contribution in [0.3, 0.4) is 0 Å². The Kier molecular flexibility index (Phi) is 4.91. The summed E-state index contributed by atoms with van der Waals surface area (Å²) in [6.07, 6.45) is -0.268. The fourth-order valence-electron chi connectivity index (χ4n) is 2.53. The molecule has 1 aliphatic carbocycles. The molecule has 0 bridgehead atoms. The van der Waals surface area contributed by atoms with Gasteiger partial charge in [-0.25, -0.2) is 13.4 Å². The van der Waals surface area contributed by atoms with Crippen LogP contribution in [0.1, 0.15) is 31.2 Å². The van der Waals surface area contributed by atoms with E-state index in [2.05, 4.69) is 10.3 Å². The van der Waals surface area contributed by atoms with E-state index in [-0.39, 0.29) is 22.1 Å². The number of nitrogens with one attached hydrogen (secondary N) is 1. The Hall–Kier alpha value is -1.02. The van der Waals surface area contributed by atoms with Crippen molar-refractivity contribution in [3.8, 4) is 0 Å². The van der Waals surface area contributed by atoms with E-state index in [1.165, 1.54) is 6.26 Å². The summed E-state index contributed by atoms with van der Waals surface area (Å²) >= 11 is 5.84. The van der Waals surface area contributed by atoms with Gasteiger partial charge in [-0.3, -0.25) is 0 Å². The molecular weight excluding hydrogens is 341 g/mol. The normalized spacial score (nSPS) is 23.3. The van der Waals surface area contributed by atoms with Crippen LogP contribution >= 0.6 is 11.6 Å². The largest absolute Gasteiger partial charge is 0.417 e. The molecule has 0 spiro atoms. The topological polar surface area (TPSA) is 59.1 Å². The SMILES string of the molecule is CS(=O)(=O)C1CCC(Nc2ncc(C(F)(F)F)cc2Cl)CC1. The number of hydrogen-bond donors (Lipinski definition) is 1. The molecular formula is C13H16ClF3N2O2S. The van der Waals surface area contributed by atoms with Crippen LogP contribution in [0.2, 0.25) is 5.02 Å². The standard InChI is InChI=1S/C13H16ClF3N2O2S/c1-22(20,21)10-4-2-9(3-5-10)19-12-11(14)6-8(7-18-12)13(15,16)17/h6-7,9-10H,2-5H2,1H3,(H,18,19). The Bertz CT molecular complexity index is 641. The van der Waals surface area contributed by atoms with E-state index in [0.717, 1.165) is 12.3 Å². The van der Waals surface area contributed by atoms with Gasteiger partial charge in [0.15, 0.2) is 0 Å². The average molecular weight is 357 g/mol. The maximum Gasteiger partial charge on any atom is 0.417 e. The highest BCUT2D eigenvalue weighted by Crippen LogP contribution is 2.33. The summed E-state index contributed by atoms with van der Waals surface area (Å²) in [5.74, 6) is 0.192. The second-order valence-corrected chi connectivity index (χ2v) is 8.23. The lowest BCUT2D eigenvalue weighted by Crippen LogP contribution is -2.32. The summed E-state index contributed by atoms with van der Waals surface area (Å²) in [6, 6.07) is 0.790. The van der Waals surface area contributed by atoms with Crippen molar-refractivity contribution >= 4 is 27.3 Å². The average Bonchev–Trinajstić information content (AvgIpc) is 2.39. The van der Waals surface area contributed by atoms with Crippen molar-refractivity contribution in [1.82, 2.24) is 4.98 Å². The molecule has 9 heteroatoms. The molecule has 1 aliphatic rings. The molecule has 1 heterocycles. The third-order valence-corrected chi connectivity index (χ3v) is 5.76. The van der Waals surface area contributed by atoms with E-state index >= 15 is 0 Å². The van der Waals surface area contributed by atoms with Gasteiger partial charge in [0.25, 0.3) is 0 Å². The molecule has 0 atom stereocenters. The zero-order valence-electron chi connectivity index (χ0n) is 11.8. The van der Waals surface area contributed by atoms with Crippen LogP contribution in [-0.4, -0.2) is 30.9 Å². The van der Waals surface area contributed by atoms with E-state index in [4.69, 9.17) is 11.6 Å². The molecule has 1 aromatic rings. The minimum Gasteiger partial charge on any atom is -0.366 e. The van der Waals surface area contributed by atoms with Crippen LogP contribution in [-0.2, 0) is 16.0 Å². The van der Waals surface area contributed by atoms with Crippen LogP contribution in [0, 0.1) is 0 Å². The highest BCUT2D eigenvalue weighted by molar-refractivity contribution is 7.91. The molecule has 0 aliphatic heterocycles. The van der Waals surface area contributed by atoms with Gasteiger partial charge < -0.3 is 5.32 Å². The Morgan fingerprint density at radius 2 is 1.86 bits per heavy atom. The first-order valence-electron chi connectivity index (χ1n) is 6.75. The van der Waals surface area contributed by atoms with Gasteiger partial charge in [-0.15, -0.1) is 0 Å². The molecule has 1 fully saturated rings. The van der Waals surface area contributed by atoms with Gasteiger partial charge >= 0.3 is 6.18 Å².